The normalized spacial score (nSPS) is 22.9. The second-order valence-electron chi connectivity index (χ2n) is 4.61. The van der Waals surface area contributed by atoms with E-state index >= 15 is 0 Å². The Hall–Kier alpha value is -1.37. The molecule has 1 aliphatic heterocycles. The van der Waals surface area contributed by atoms with Crippen LogP contribution >= 0.6 is 0 Å². The SMILES string of the molecule is COCC1=C(C(F)(F)F)[N+](C)(OC)c2ccccc2[CH]1. The van der Waals surface area contributed by atoms with Crippen molar-refractivity contribution in [3.8, 4) is 0 Å². The summed E-state index contributed by atoms with van der Waals surface area (Å²) in [5, 5.41) is 0. The van der Waals surface area contributed by atoms with Crippen molar-refractivity contribution < 1.29 is 22.7 Å². The summed E-state index contributed by atoms with van der Waals surface area (Å²) in [6, 6.07) is 6.86. The smallest absolute Gasteiger partial charge is 0.380 e. The number of allylic oxidation sites excluding steroid dienone is 1. The highest BCUT2D eigenvalue weighted by molar-refractivity contribution is 5.63. The molecule has 1 aromatic rings. The average Bonchev–Trinajstić information content (AvgIpc) is 2.37. The Morgan fingerprint density at radius 1 is 1.15 bits per heavy atom. The van der Waals surface area contributed by atoms with Gasteiger partial charge in [-0.1, -0.05) is 18.2 Å². The maximum absolute atomic E-state index is 13.5. The predicted molar refractivity (Wildman–Crippen MR) is 69.5 cm³/mol. The van der Waals surface area contributed by atoms with Crippen LogP contribution < -0.4 is 4.65 Å². The molecule has 20 heavy (non-hydrogen) atoms. The molecular weight excluding hydrogens is 271 g/mol. The predicted octanol–water partition coefficient (Wildman–Crippen LogP) is 3.21. The van der Waals surface area contributed by atoms with Gasteiger partial charge in [-0.05, 0) is 0 Å². The van der Waals surface area contributed by atoms with E-state index in [2.05, 4.69) is 0 Å². The van der Waals surface area contributed by atoms with Crippen molar-refractivity contribution in [2.24, 2.45) is 0 Å². The standard InChI is InChI=1S/C14H16F3NO2/c1-18(20-3)12-7-5-4-6-10(12)8-11(9-19-2)13(18)14(15,16)17/h4-8H,9H2,1-3H3/q+1. The lowest BCUT2D eigenvalue weighted by molar-refractivity contribution is -0.167. The Kier molecular flexibility index (Phi) is 3.90. The van der Waals surface area contributed by atoms with Crippen molar-refractivity contribution in [3.05, 3.63) is 47.5 Å². The summed E-state index contributed by atoms with van der Waals surface area (Å²) in [7, 11) is 4.01. The molecule has 1 aromatic carbocycles. The highest BCUT2D eigenvalue weighted by atomic mass is 19.4. The minimum atomic E-state index is -4.51. The van der Waals surface area contributed by atoms with Crippen LogP contribution in [0.5, 0.6) is 0 Å². The molecule has 1 atom stereocenters. The molecule has 0 aliphatic carbocycles. The summed E-state index contributed by atoms with van der Waals surface area (Å²) in [5.41, 5.74) is 0.447. The number of hydrogen-bond donors (Lipinski definition) is 0. The van der Waals surface area contributed by atoms with Gasteiger partial charge in [0.15, 0.2) is 5.69 Å². The van der Waals surface area contributed by atoms with Crippen molar-refractivity contribution in [3.63, 3.8) is 0 Å². The molecular formula is C14H16F3NO2+. The fourth-order valence-electron chi connectivity index (χ4n) is 2.53. The first-order valence-electron chi connectivity index (χ1n) is 6.01. The van der Waals surface area contributed by atoms with E-state index in [0.29, 0.717) is 11.3 Å². The topological polar surface area (TPSA) is 18.5 Å². The van der Waals surface area contributed by atoms with Gasteiger partial charge in [0, 0.05) is 30.7 Å². The molecule has 1 aliphatic rings. The number of hydrogen-bond acceptors (Lipinski definition) is 2. The fourth-order valence-corrected chi connectivity index (χ4v) is 2.53. The zero-order valence-electron chi connectivity index (χ0n) is 11.5. The lowest BCUT2D eigenvalue weighted by Gasteiger charge is -2.37. The first kappa shape index (κ1) is 15.0. The molecule has 6 heteroatoms. The van der Waals surface area contributed by atoms with Gasteiger partial charge >= 0.3 is 6.18 Å². The van der Waals surface area contributed by atoms with Crippen LogP contribution in [-0.4, -0.2) is 34.1 Å². The fraction of sp³-hybridized carbons (Fsp3) is 0.357. The highest BCUT2D eigenvalue weighted by Crippen LogP contribution is 2.45. The molecule has 0 N–H and O–H groups in total. The number of nitrogens with zero attached hydrogens (tertiary/aromatic N) is 1. The lowest BCUT2D eigenvalue weighted by Crippen LogP contribution is -2.51. The average molecular weight is 287 g/mol. The minimum Gasteiger partial charge on any atom is -0.380 e. The van der Waals surface area contributed by atoms with E-state index in [1.54, 1.807) is 24.3 Å². The number of halogens is 3. The molecule has 0 saturated carbocycles. The summed E-state index contributed by atoms with van der Waals surface area (Å²) in [4.78, 5) is 5.20. The Morgan fingerprint density at radius 2 is 1.80 bits per heavy atom. The van der Waals surface area contributed by atoms with Crippen molar-refractivity contribution in [1.29, 1.82) is 0 Å². The maximum Gasteiger partial charge on any atom is 0.470 e. The van der Waals surface area contributed by atoms with Crippen molar-refractivity contribution in [1.82, 2.24) is 4.65 Å². The molecule has 0 bridgehead atoms. The molecule has 3 nitrogen and oxygen atoms in total. The van der Waals surface area contributed by atoms with Gasteiger partial charge in [-0.25, -0.2) is 0 Å². The van der Waals surface area contributed by atoms with Gasteiger partial charge in [-0.3, -0.25) is 0 Å². The molecule has 2 rings (SSSR count). The third-order valence-electron chi connectivity index (χ3n) is 3.39. The Bertz CT molecular complexity index is 539. The number of alkyl halides is 3. The highest BCUT2D eigenvalue weighted by Gasteiger charge is 2.55. The number of fused-ring (bicyclic) bond motifs is 1. The van der Waals surface area contributed by atoms with Crippen LogP contribution in [0.2, 0.25) is 0 Å². The number of rotatable bonds is 3. The van der Waals surface area contributed by atoms with Crippen LogP contribution in [-0.2, 0) is 9.57 Å². The summed E-state index contributed by atoms with van der Waals surface area (Å²) in [6.45, 7) is -0.125. The van der Waals surface area contributed by atoms with Gasteiger partial charge in [0.25, 0.3) is 5.70 Å². The van der Waals surface area contributed by atoms with Crippen LogP contribution in [0, 0.1) is 6.42 Å². The van der Waals surface area contributed by atoms with Gasteiger partial charge in [-0.2, -0.15) is 18.0 Å². The summed E-state index contributed by atoms with van der Waals surface area (Å²) in [5.74, 6) is 0. The van der Waals surface area contributed by atoms with E-state index in [1.807, 2.05) is 0 Å². The van der Waals surface area contributed by atoms with Gasteiger partial charge < -0.3 is 4.74 Å². The molecule has 0 spiro atoms. The molecule has 0 aromatic heterocycles. The van der Waals surface area contributed by atoms with Crippen molar-refractivity contribution >= 4 is 5.69 Å². The third kappa shape index (κ3) is 2.34. The van der Waals surface area contributed by atoms with E-state index in [4.69, 9.17) is 9.57 Å². The Morgan fingerprint density at radius 3 is 2.35 bits per heavy atom. The largest absolute Gasteiger partial charge is 0.470 e. The van der Waals surface area contributed by atoms with Gasteiger partial charge in [0.05, 0.1) is 13.7 Å². The molecule has 0 saturated heterocycles. The first-order valence-corrected chi connectivity index (χ1v) is 6.01. The van der Waals surface area contributed by atoms with Gasteiger partial charge in [-0.15, -0.1) is 4.65 Å². The van der Waals surface area contributed by atoms with Crippen molar-refractivity contribution in [2.45, 2.75) is 6.18 Å². The van der Waals surface area contributed by atoms with Gasteiger partial charge in [0.1, 0.15) is 7.05 Å². The number of para-hydroxylation sites is 1. The third-order valence-corrected chi connectivity index (χ3v) is 3.39. The lowest BCUT2D eigenvalue weighted by atomic mass is 9.95. The van der Waals surface area contributed by atoms with E-state index in [0.717, 1.165) is 0 Å². The molecule has 1 heterocycles. The monoisotopic (exact) mass is 287 g/mol. The second-order valence-corrected chi connectivity index (χ2v) is 4.61. The summed E-state index contributed by atoms with van der Waals surface area (Å²) < 4.78 is 44.5. The Labute approximate surface area is 115 Å². The van der Waals surface area contributed by atoms with Gasteiger partial charge in [0.2, 0.25) is 0 Å². The number of hydroxylamine groups is 2. The van der Waals surface area contributed by atoms with E-state index in [9.17, 15) is 13.2 Å². The first-order chi connectivity index (χ1) is 9.34. The summed E-state index contributed by atoms with van der Waals surface area (Å²) >= 11 is 0. The molecule has 1 unspecified atom stereocenters. The van der Waals surface area contributed by atoms with Crippen LogP contribution in [0.25, 0.3) is 0 Å². The van der Waals surface area contributed by atoms with E-state index in [1.165, 1.54) is 27.7 Å². The van der Waals surface area contributed by atoms with E-state index in [-0.39, 0.29) is 12.2 Å². The number of methoxy groups -OCH3 is 1. The quantitative estimate of drug-likeness (QED) is 0.795. The van der Waals surface area contributed by atoms with Crippen LogP contribution in [0.4, 0.5) is 18.9 Å². The van der Waals surface area contributed by atoms with Crippen LogP contribution in [0.3, 0.4) is 0 Å². The van der Waals surface area contributed by atoms with Crippen LogP contribution in [0.15, 0.2) is 35.5 Å². The summed E-state index contributed by atoms with van der Waals surface area (Å²) in [6.07, 6.45) is -3.01. The molecule has 0 amide bonds. The maximum atomic E-state index is 13.5. The molecule has 109 valence electrons. The number of ether oxygens (including phenoxy) is 1. The van der Waals surface area contributed by atoms with Crippen molar-refractivity contribution in [2.75, 3.05) is 27.9 Å². The van der Waals surface area contributed by atoms with Crippen LogP contribution in [0.1, 0.15) is 5.56 Å². The molecule has 0 fully saturated rings. The zero-order valence-corrected chi connectivity index (χ0v) is 11.5. The zero-order chi connectivity index (χ0) is 15.0. The number of benzene rings is 1. The minimum absolute atomic E-state index is 0.0723. The second kappa shape index (κ2) is 5.20. The number of quaternary nitrogens is 1. The Balaban J connectivity index is 2.69. The van der Waals surface area contributed by atoms with E-state index < -0.39 is 16.5 Å². The molecule has 1 radical (unpaired) electrons.